The number of imidazole rings is 1. The molecule has 0 fully saturated rings. The molecular formula is C40H39ClF2N5O4S+. The minimum Gasteiger partial charge on any atom is -0.378 e. The minimum atomic E-state index is -3.48. The van der Waals surface area contributed by atoms with Crippen LogP contribution in [0.2, 0.25) is 5.02 Å². The van der Waals surface area contributed by atoms with Crippen LogP contribution in [0.4, 0.5) is 8.78 Å². The molecule has 0 spiro atoms. The molecule has 3 aromatic heterocycles. The number of hydrogen-bond acceptors (Lipinski definition) is 6. The standard InChI is InChI=1S/C40H38ClF2N5O4S/c1-23-13-34-36(14-24(23)2)48(22-44-34)20-30(49)18-26(15-25-16-27(42)19-28(43)17-25)38-31(8-7-29(45-38)11-12-40(3,4)50)32-9-10-33(41)37-35(21-53(6,51)52)46-47(5)39(32)37/h7-10,13-14,16-17,19,22,26,50H,15,18,20-21H2,1-6H3/p+1/t26-/m1/s1. The number of ketones is 1. The number of nitrogens with one attached hydrogen (secondary N) is 1. The van der Waals surface area contributed by atoms with E-state index in [2.05, 4.69) is 21.9 Å². The van der Waals surface area contributed by atoms with Gasteiger partial charge in [0, 0.05) is 48.2 Å². The molecule has 6 rings (SSSR count). The van der Waals surface area contributed by atoms with E-state index < -0.39 is 33.0 Å². The Morgan fingerprint density at radius 3 is 2.42 bits per heavy atom. The number of nitrogens with zero attached hydrogens (tertiary/aromatic N) is 4. The largest absolute Gasteiger partial charge is 0.378 e. The lowest BCUT2D eigenvalue weighted by Crippen LogP contribution is -2.37. The highest BCUT2D eigenvalue weighted by atomic mass is 35.5. The first-order chi connectivity index (χ1) is 24.8. The zero-order chi connectivity index (χ0) is 38.4. The number of sulfone groups is 1. The van der Waals surface area contributed by atoms with E-state index in [-0.39, 0.29) is 36.6 Å². The molecule has 53 heavy (non-hydrogen) atoms. The Morgan fingerprint density at radius 2 is 1.74 bits per heavy atom. The smallest absolute Gasteiger partial charge is 0.242 e. The number of rotatable bonds is 10. The second-order valence-corrected chi connectivity index (χ2v) is 16.7. The van der Waals surface area contributed by atoms with Crippen molar-refractivity contribution in [3.63, 3.8) is 0 Å². The number of aliphatic hydroxyl groups is 1. The van der Waals surface area contributed by atoms with E-state index in [1.54, 1.807) is 56.2 Å². The summed E-state index contributed by atoms with van der Waals surface area (Å²) in [6.07, 6.45) is 2.85. The summed E-state index contributed by atoms with van der Waals surface area (Å²) in [6.45, 7) is 7.12. The van der Waals surface area contributed by atoms with Gasteiger partial charge in [0.25, 0.3) is 0 Å². The average molecular weight is 759 g/mol. The molecule has 0 saturated heterocycles. The molecule has 3 aromatic carbocycles. The maximum atomic E-state index is 14.6. The van der Waals surface area contributed by atoms with E-state index >= 15 is 0 Å². The molecular weight excluding hydrogens is 720 g/mol. The molecule has 2 N–H and O–H groups in total. The number of carbonyl (C=O) groups excluding carboxylic acids is 1. The van der Waals surface area contributed by atoms with E-state index in [4.69, 9.17) is 16.6 Å². The number of aryl methyl sites for hydroxylation is 3. The highest BCUT2D eigenvalue weighted by Gasteiger charge is 2.27. The molecule has 0 amide bonds. The first-order valence-electron chi connectivity index (χ1n) is 16.9. The van der Waals surface area contributed by atoms with Crippen molar-refractivity contribution >= 4 is 49.2 Å². The molecule has 0 aliphatic carbocycles. The van der Waals surface area contributed by atoms with Crippen LogP contribution < -0.4 is 4.57 Å². The van der Waals surface area contributed by atoms with Crippen LogP contribution in [0.15, 0.2) is 60.9 Å². The molecule has 274 valence electrons. The maximum Gasteiger partial charge on any atom is 0.242 e. The zero-order valence-electron chi connectivity index (χ0n) is 30.2. The lowest BCUT2D eigenvalue weighted by atomic mass is 9.86. The molecule has 13 heteroatoms. The van der Waals surface area contributed by atoms with Gasteiger partial charge in [0.2, 0.25) is 6.33 Å². The number of carbonyl (C=O) groups is 1. The maximum absolute atomic E-state index is 14.6. The summed E-state index contributed by atoms with van der Waals surface area (Å²) in [7, 11) is -1.79. The van der Waals surface area contributed by atoms with Gasteiger partial charge in [-0.25, -0.2) is 31.7 Å². The van der Waals surface area contributed by atoms with Gasteiger partial charge in [-0.1, -0.05) is 23.6 Å². The van der Waals surface area contributed by atoms with Gasteiger partial charge in [0.1, 0.15) is 29.5 Å². The highest BCUT2D eigenvalue weighted by molar-refractivity contribution is 7.89. The van der Waals surface area contributed by atoms with E-state index in [0.717, 1.165) is 34.5 Å². The summed E-state index contributed by atoms with van der Waals surface area (Å²) < 4.78 is 57.2. The number of H-pyrrole nitrogens is 1. The molecule has 3 heterocycles. The lowest BCUT2D eigenvalue weighted by Gasteiger charge is -2.21. The molecule has 0 bridgehead atoms. The molecule has 0 aliphatic rings. The van der Waals surface area contributed by atoms with Crippen molar-refractivity contribution in [2.75, 3.05) is 6.26 Å². The Morgan fingerprint density at radius 1 is 1.06 bits per heavy atom. The second-order valence-electron chi connectivity index (χ2n) is 14.2. The fourth-order valence-electron chi connectivity index (χ4n) is 6.64. The number of halogens is 3. The van der Waals surface area contributed by atoms with Crippen molar-refractivity contribution in [1.82, 2.24) is 19.7 Å². The van der Waals surface area contributed by atoms with Crippen LogP contribution in [0.5, 0.6) is 0 Å². The Balaban J connectivity index is 1.53. The fourth-order valence-corrected chi connectivity index (χ4v) is 7.60. The van der Waals surface area contributed by atoms with Gasteiger partial charge in [0.05, 0.1) is 27.7 Å². The number of aromatic nitrogens is 5. The summed E-state index contributed by atoms with van der Waals surface area (Å²) >= 11 is 6.68. The quantitative estimate of drug-likeness (QED) is 0.120. The van der Waals surface area contributed by atoms with Crippen LogP contribution in [0, 0.1) is 37.3 Å². The van der Waals surface area contributed by atoms with Crippen molar-refractivity contribution in [3.8, 4) is 23.0 Å². The predicted octanol–water partition coefficient (Wildman–Crippen LogP) is 6.61. The van der Waals surface area contributed by atoms with Gasteiger partial charge in [-0.2, -0.15) is 5.10 Å². The lowest BCUT2D eigenvalue weighted by molar-refractivity contribution is -0.658. The normalized spacial score (nSPS) is 12.6. The number of fused-ring (bicyclic) bond motifs is 2. The van der Waals surface area contributed by atoms with Crippen LogP contribution in [0.25, 0.3) is 33.1 Å². The van der Waals surface area contributed by atoms with Gasteiger partial charge < -0.3 is 5.11 Å². The van der Waals surface area contributed by atoms with Crippen molar-refractivity contribution in [2.24, 2.45) is 7.05 Å². The van der Waals surface area contributed by atoms with E-state index in [0.29, 0.717) is 44.0 Å². The second kappa shape index (κ2) is 14.5. The summed E-state index contributed by atoms with van der Waals surface area (Å²) in [6, 6.07) is 14.2. The number of hydrogen-bond donors (Lipinski definition) is 2. The minimum absolute atomic E-state index is 0.0197. The Kier molecular flexibility index (Phi) is 10.3. The van der Waals surface area contributed by atoms with Gasteiger partial charge in [0.15, 0.2) is 26.7 Å². The van der Waals surface area contributed by atoms with Crippen molar-refractivity contribution in [2.45, 2.75) is 64.4 Å². The SMILES string of the molecule is Cc1cc2[nH]c[n+](CC(=O)C[C@@H](Cc3cc(F)cc(F)c3)c3nc(C#CC(C)(C)O)ccc3-c3ccc(Cl)c4c(CS(C)(=O)=O)nn(C)c34)c2cc1C. The number of Topliss-reactive ketones (excluding diaryl/α,β-unsaturated/α-hetero) is 1. The third kappa shape index (κ3) is 8.65. The Labute approximate surface area is 311 Å². The third-order valence-corrected chi connectivity index (χ3v) is 10.1. The Hall–Kier alpha value is -4.96. The van der Waals surface area contributed by atoms with Crippen LogP contribution in [0.3, 0.4) is 0 Å². The monoisotopic (exact) mass is 758 g/mol. The summed E-state index contributed by atoms with van der Waals surface area (Å²) in [5.41, 5.74) is 5.63. The highest BCUT2D eigenvalue weighted by Crippen LogP contribution is 2.40. The van der Waals surface area contributed by atoms with Crippen molar-refractivity contribution in [1.29, 1.82) is 0 Å². The third-order valence-electron chi connectivity index (χ3n) is 9.03. The van der Waals surface area contributed by atoms with Crippen molar-refractivity contribution < 1.29 is 31.7 Å². The number of aromatic amines is 1. The molecule has 0 saturated carbocycles. The molecule has 9 nitrogen and oxygen atoms in total. The van der Waals surface area contributed by atoms with Gasteiger partial charge >= 0.3 is 0 Å². The van der Waals surface area contributed by atoms with E-state index in [1.807, 2.05) is 30.5 Å². The van der Waals surface area contributed by atoms with Gasteiger partial charge in [-0.15, -0.1) is 0 Å². The molecule has 0 radical (unpaired) electrons. The summed E-state index contributed by atoms with van der Waals surface area (Å²) in [5, 5.41) is 15.6. The summed E-state index contributed by atoms with van der Waals surface area (Å²) in [5.74, 6) is 2.98. The number of benzene rings is 3. The van der Waals surface area contributed by atoms with Crippen molar-refractivity contribution in [3.05, 3.63) is 111 Å². The summed E-state index contributed by atoms with van der Waals surface area (Å²) in [4.78, 5) is 22.3. The zero-order valence-corrected chi connectivity index (χ0v) is 31.8. The van der Waals surface area contributed by atoms with E-state index in [9.17, 15) is 27.1 Å². The Bertz CT molecular complexity index is 2580. The first-order valence-corrected chi connectivity index (χ1v) is 19.3. The molecule has 0 unspecified atom stereocenters. The predicted molar refractivity (Wildman–Crippen MR) is 201 cm³/mol. The molecule has 0 aliphatic heterocycles. The topological polar surface area (TPSA) is 122 Å². The molecule has 1 atom stereocenters. The van der Waals surface area contributed by atoms with E-state index in [1.165, 1.54) is 12.1 Å². The van der Waals surface area contributed by atoms with Crippen LogP contribution >= 0.6 is 11.6 Å². The van der Waals surface area contributed by atoms with Crippen LogP contribution in [-0.2, 0) is 40.4 Å². The fraction of sp³-hybridized carbons (Fsp3) is 0.300. The average Bonchev–Trinajstić information content (AvgIpc) is 3.57. The van der Waals surface area contributed by atoms with Gasteiger partial charge in [-0.3, -0.25) is 9.48 Å². The molecule has 6 aromatic rings. The van der Waals surface area contributed by atoms with Crippen LogP contribution in [-0.4, -0.2) is 50.9 Å². The first kappa shape index (κ1) is 37.8. The van der Waals surface area contributed by atoms with Gasteiger partial charge in [-0.05, 0) is 99.2 Å². The number of pyridine rings is 1. The van der Waals surface area contributed by atoms with Crippen LogP contribution in [0.1, 0.15) is 60.0 Å².